The second-order valence-electron chi connectivity index (χ2n) is 7.88. The van der Waals surface area contributed by atoms with Crippen molar-refractivity contribution >= 4 is 17.4 Å². The van der Waals surface area contributed by atoms with E-state index in [-0.39, 0.29) is 11.9 Å². The van der Waals surface area contributed by atoms with Crippen molar-refractivity contribution in [2.75, 3.05) is 16.8 Å². The molecule has 0 unspecified atom stereocenters. The molecule has 3 heterocycles. The molecule has 1 N–H and O–H groups in total. The van der Waals surface area contributed by atoms with Crippen molar-refractivity contribution in [3.63, 3.8) is 0 Å². The van der Waals surface area contributed by atoms with Gasteiger partial charge in [0.1, 0.15) is 11.2 Å². The van der Waals surface area contributed by atoms with Gasteiger partial charge in [-0.2, -0.15) is 5.10 Å². The fraction of sp³-hybridized carbons (Fsp3) is 0.364. The normalized spacial score (nSPS) is 19.0. The lowest BCUT2D eigenvalue weighted by Gasteiger charge is -2.49. The Morgan fingerprint density at radius 2 is 1.90 bits per heavy atom. The van der Waals surface area contributed by atoms with Gasteiger partial charge < -0.3 is 9.80 Å². The molecule has 2 aromatic heterocycles. The van der Waals surface area contributed by atoms with Crippen molar-refractivity contribution in [2.24, 2.45) is 0 Å². The van der Waals surface area contributed by atoms with Crippen LogP contribution < -0.4 is 9.80 Å². The molecular weight excluding hydrogens is 364 g/mol. The number of amides is 1. The quantitative estimate of drug-likeness (QED) is 0.731. The van der Waals surface area contributed by atoms with Gasteiger partial charge in [-0.1, -0.05) is 37.3 Å². The minimum Gasteiger partial charge on any atom is -0.338 e. The minimum atomic E-state index is -0.653. The monoisotopic (exact) mass is 390 g/mol. The number of fused-ring (bicyclic) bond motifs is 1. The molecule has 1 atom stereocenters. The molecule has 0 radical (unpaired) electrons. The number of rotatable bonds is 4. The van der Waals surface area contributed by atoms with Gasteiger partial charge in [0, 0.05) is 18.7 Å². The first kappa shape index (κ1) is 19.1. The summed E-state index contributed by atoms with van der Waals surface area (Å²) in [6.45, 7) is 8.21. The molecule has 0 fully saturated rings. The molecule has 7 nitrogen and oxygen atoms in total. The third-order valence-electron chi connectivity index (χ3n) is 5.78. The molecule has 0 aliphatic carbocycles. The van der Waals surface area contributed by atoms with E-state index in [0.717, 1.165) is 28.3 Å². The lowest BCUT2D eigenvalue weighted by atomic mass is 9.90. The van der Waals surface area contributed by atoms with Crippen LogP contribution in [0.1, 0.15) is 34.1 Å². The molecule has 0 saturated heterocycles. The van der Waals surface area contributed by atoms with Crippen LogP contribution in [-0.4, -0.2) is 44.7 Å². The average molecular weight is 390 g/mol. The van der Waals surface area contributed by atoms with E-state index >= 15 is 0 Å². The van der Waals surface area contributed by atoms with E-state index in [0.29, 0.717) is 12.2 Å². The van der Waals surface area contributed by atoms with Gasteiger partial charge >= 0.3 is 0 Å². The number of aromatic nitrogens is 4. The highest BCUT2D eigenvalue weighted by Crippen LogP contribution is 2.42. The SMILES string of the molecule is CC[C@]1(C)C(=O)N(C)c2cnc(-c3cn[nH]c3-c3ccccc3)nc2N1C(C)C. The first-order valence-corrected chi connectivity index (χ1v) is 9.92. The van der Waals surface area contributed by atoms with Crippen LogP contribution in [0, 0.1) is 0 Å². The summed E-state index contributed by atoms with van der Waals surface area (Å²) in [5.41, 5.74) is 2.80. The second-order valence-corrected chi connectivity index (χ2v) is 7.88. The van der Waals surface area contributed by atoms with Crippen molar-refractivity contribution in [3.05, 3.63) is 42.7 Å². The van der Waals surface area contributed by atoms with Crippen LogP contribution in [0.2, 0.25) is 0 Å². The van der Waals surface area contributed by atoms with Crippen molar-refractivity contribution in [3.8, 4) is 22.6 Å². The summed E-state index contributed by atoms with van der Waals surface area (Å²) in [7, 11) is 1.79. The lowest BCUT2D eigenvalue weighted by molar-refractivity contribution is -0.123. The lowest BCUT2D eigenvalue weighted by Crippen LogP contribution is -2.63. The number of carbonyl (C=O) groups excluding carboxylic acids is 1. The van der Waals surface area contributed by atoms with Gasteiger partial charge in [-0.25, -0.2) is 9.97 Å². The Labute approximate surface area is 170 Å². The number of anilines is 2. The summed E-state index contributed by atoms with van der Waals surface area (Å²) in [6, 6.07) is 10.1. The fourth-order valence-electron chi connectivity index (χ4n) is 4.13. The summed E-state index contributed by atoms with van der Waals surface area (Å²) in [5.74, 6) is 1.42. The Morgan fingerprint density at radius 3 is 2.55 bits per heavy atom. The molecule has 4 rings (SSSR count). The van der Waals surface area contributed by atoms with Gasteiger partial charge in [0.05, 0.1) is 23.7 Å². The molecule has 150 valence electrons. The highest BCUT2D eigenvalue weighted by atomic mass is 16.2. The van der Waals surface area contributed by atoms with E-state index in [2.05, 4.69) is 33.9 Å². The Morgan fingerprint density at radius 1 is 1.17 bits per heavy atom. The zero-order valence-electron chi connectivity index (χ0n) is 17.5. The average Bonchev–Trinajstić information content (AvgIpc) is 3.22. The maximum atomic E-state index is 13.1. The molecule has 1 amide bonds. The smallest absolute Gasteiger partial charge is 0.252 e. The van der Waals surface area contributed by atoms with Gasteiger partial charge in [-0.3, -0.25) is 9.89 Å². The van der Waals surface area contributed by atoms with E-state index in [1.807, 2.05) is 44.2 Å². The van der Waals surface area contributed by atoms with Crippen molar-refractivity contribution < 1.29 is 4.79 Å². The number of hydrogen-bond donors (Lipinski definition) is 1. The molecule has 1 aliphatic heterocycles. The van der Waals surface area contributed by atoms with Gasteiger partial charge in [0.2, 0.25) is 0 Å². The predicted molar refractivity (Wildman–Crippen MR) is 115 cm³/mol. The molecule has 0 saturated carbocycles. The summed E-state index contributed by atoms with van der Waals surface area (Å²) in [4.78, 5) is 26.4. The highest BCUT2D eigenvalue weighted by molar-refractivity contribution is 6.07. The molecule has 0 bridgehead atoms. The maximum Gasteiger partial charge on any atom is 0.252 e. The summed E-state index contributed by atoms with van der Waals surface area (Å²) < 4.78 is 0. The molecule has 7 heteroatoms. The molecule has 0 spiro atoms. The van der Waals surface area contributed by atoms with E-state index in [1.165, 1.54) is 0 Å². The highest BCUT2D eigenvalue weighted by Gasteiger charge is 2.47. The van der Waals surface area contributed by atoms with Crippen molar-refractivity contribution in [1.82, 2.24) is 20.2 Å². The number of H-pyrrole nitrogens is 1. The van der Waals surface area contributed by atoms with Gasteiger partial charge in [-0.05, 0) is 27.2 Å². The van der Waals surface area contributed by atoms with Crippen LogP contribution in [0.4, 0.5) is 11.5 Å². The van der Waals surface area contributed by atoms with Crippen LogP contribution in [0.3, 0.4) is 0 Å². The predicted octanol–water partition coefficient (Wildman–Crippen LogP) is 3.89. The summed E-state index contributed by atoms with van der Waals surface area (Å²) >= 11 is 0. The fourth-order valence-corrected chi connectivity index (χ4v) is 4.13. The number of nitrogens with one attached hydrogen (secondary N) is 1. The number of aromatic amines is 1. The largest absolute Gasteiger partial charge is 0.338 e. The van der Waals surface area contributed by atoms with E-state index in [9.17, 15) is 4.79 Å². The molecule has 29 heavy (non-hydrogen) atoms. The third kappa shape index (κ3) is 2.88. The maximum absolute atomic E-state index is 13.1. The Hall–Kier alpha value is -3.22. The summed E-state index contributed by atoms with van der Waals surface area (Å²) in [6.07, 6.45) is 4.18. The minimum absolute atomic E-state index is 0.0610. The topological polar surface area (TPSA) is 78.0 Å². The van der Waals surface area contributed by atoms with Crippen LogP contribution in [0.5, 0.6) is 0 Å². The zero-order chi connectivity index (χ0) is 20.8. The van der Waals surface area contributed by atoms with Gasteiger partial charge in [0.25, 0.3) is 5.91 Å². The van der Waals surface area contributed by atoms with Crippen molar-refractivity contribution in [2.45, 2.75) is 45.7 Å². The van der Waals surface area contributed by atoms with Crippen LogP contribution in [-0.2, 0) is 4.79 Å². The number of nitrogens with zero attached hydrogens (tertiary/aromatic N) is 5. The van der Waals surface area contributed by atoms with E-state index < -0.39 is 5.54 Å². The van der Waals surface area contributed by atoms with Gasteiger partial charge in [0.15, 0.2) is 11.6 Å². The zero-order valence-corrected chi connectivity index (χ0v) is 17.5. The standard InChI is InChI=1S/C22H26N6O/c1-6-22(4)21(29)27(5)17-13-23-19(25-20(17)28(22)14(2)3)16-12-24-26-18(16)15-10-8-7-9-11-15/h7-14H,6H2,1-5H3,(H,24,26)/t22-/m1/s1. The first-order chi connectivity index (χ1) is 13.9. The number of benzene rings is 1. The third-order valence-corrected chi connectivity index (χ3v) is 5.78. The number of hydrogen-bond acceptors (Lipinski definition) is 5. The van der Waals surface area contributed by atoms with Crippen molar-refractivity contribution in [1.29, 1.82) is 0 Å². The van der Waals surface area contributed by atoms with Crippen LogP contribution >= 0.6 is 0 Å². The Kier molecular flexibility index (Phi) is 4.61. The Balaban J connectivity index is 1.88. The second kappa shape index (κ2) is 6.99. The molecule has 3 aromatic rings. The van der Waals surface area contributed by atoms with E-state index in [4.69, 9.17) is 4.98 Å². The van der Waals surface area contributed by atoms with Crippen LogP contribution in [0.15, 0.2) is 42.7 Å². The first-order valence-electron chi connectivity index (χ1n) is 9.92. The van der Waals surface area contributed by atoms with E-state index in [1.54, 1.807) is 24.3 Å². The number of carbonyl (C=O) groups is 1. The molecular formula is C22H26N6O. The summed E-state index contributed by atoms with van der Waals surface area (Å²) in [5, 5.41) is 7.30. The Bertz CT molecular complexity index is 1040. The molecule has 1 aromatic carbocycles. The van der Waals surface area contributed by atoms with Gasteiger partial charge in [-0.15, -0.1) is 0 Å². The molecule has 1 aliphatic rings. The van der Waals surface area contributed by atoms with Crippen LogP contribution in [0.25, 0.3) is 22.6 Å². The number of likely N-dealkylation sites (N-methyl/N-ethyl adjacent to an activating group) is 1.